The molecule has 0 aliphatic carbocycles. The predicted molar refractivity (Wildman–Crippen MR) is 134 cm³/mol. The van der Waals surface area contributed by atoms with E-state index in [1.807, 2.05) is 12.1 Å². The number of benzene rings is 2. The van der Waals surface area contributed by atoms with Crippen molar-refractivity contribution in [2.45, 2.75) is 72.3 Å². The highest BCUT2D eigenvalue weighted by Gasteiger charge is 2.12. The van der Waals surface area contributed by atoms with E-state index in [9.17, 15) is 0 Å². The van der Waals surface area contributed by atoms with Crippen molar-refractivity contribution in [3.05, 3.63) is 76.9 Å². The van der Waals surface area contributed by atoms with Crippen molar-refractivity contribution in [1.29, 1.82) is 0 Å². The number of nitrogens with zero attached hydrogens (tertiary/aromatic N) is 6. The molecule has 1 N–H and O–H groups in total. The smallest absolute Gasteiger partial charge is 0.179 e. The summed E-state index contributed by atoms with van der Waals surface area (Å²) in [6, 6.07) is 17.1. The first-order chi connectivity index (χ1) is 16.6. The van der Waals surface area contributed by atoms with E-state index >= 15 is 0 Å². The Hall–Kier alpha value is -3.35. The molecule has 7 nitrogen and oxygen atoms in total. The molecule has 0 atom stereocenters. The van der Waals surface area contributed by atoms with E-state index < -0.39 is 0 Å². The number of nitrogens with one attached hydrogen (secondary N) is 1. The number of aromatic nitrogens is 7. The molecule has 0 saturated carbocycles. The van der Waals surface area contributed by atoms with E-state index in [1.54, 1.807) is 0 Å². The van der Waals surface area contributed by atoms with Crippen LogP contribution in [-0.2, 0) is 25.8 Å². The Labute approximate surface area is 202 Å². The molecular formula is C27H35N7. The zero-order valence-corrected chi connectivity index (χ0v) is 20.5. The van der Waals surface area contributed by atoms with Crippen LogP contribution in [0.5, 0.6) is 0 Å². The van der Waals surface area contributed by atoms with Crippen LogP contribution in [0.2, 0.25) is 0 Å². The monoisotopic (exact) mass is 457 g/mol. The molecule has 2 aromatic carbocycles. The van der Waals surface area contributed by atoms with Gasteiger partial charge in [0.25, 0.3) is 0 Å². The molecule has 0 unspecified atom stereocenters. The van der Waals surface area contributed by atoms with Crippen LogP contribution in [0.4, 0.5) is 0 Å². The molecule has 7 heteroatoms. The summed E-state index contributed by atoms with van der Waals surface area (Å²) in [5.41, 5.74) is 4.72. The van der Waals surface area contributed by atoms with E-state index in [2.05, 4.69) is 82.5 Å². The molecule has 0 aliphatic heterocycles. The van der Waals surface area contributed by atoms with Crippen LogP contribution in [0.15, 0.2) is 48.5 Å². The normalized spacial score (nSPS) is 11.4. The van der Waals surface area contributed by atoms with E-state index in [-0.39, 0.29) is 0 Å². The Morgan fingerprint density at radius 3 is 2.47 bits per heavy atom. The Balaban J connectivity index is 1.46. The van der Waals surface area contributed by atoms with E-state index in [1.165, 1.54) is 29.5 Å². The van der Waals surface area contributed by atoms with Gasteiger partial charge in [-0.1, -0.05) is 82.1 Å². The lowest BCUT2D eigenvalue weighted by atomic mass is 9.98. The van der Waals surface area contributed by atoms with Crippen molar-refractivity contribution >= 4 is 0 Å². The van der Waals surface area contributed by atoms with Gasteiger partial charge in [-0.25, -0.2) is 14.8 Å². The van der Waals surface area contributed by atoms with Crippen molar-refractivity contribution in [2.24, 2.45) is 5.92 Å². The summed E-state index contributed by atoms with van der Waals surface area (Å²) in [6.07, 6.45) is 7.50. The molecule has 4 aromatic rings. The van der Waals surface area contributed by atoms with Crippen molar-refractivity contribution in [3.8, 4) is 11.4 Å². The number of aromatic amines is 1. The van der Waals surface area contributed by atoms with Gasteiger partial charge in [0.05, 0.1) is 6.54 Å². The predicted octanol–water partition coefficient (Wildman–Crippen LogP) is 5.42. The Bertz CT molecular complexity index is 1140. The fourth-order valence-corrected chi connectivity index (χ4v) is 4.13. The third kappa shape index (κ3) is 6.37. The maximum atomic E-state index is 4.89. The summed E-state index contributed by atoms with van der Waals surface area (Å²) in [6.45, 7) is 7.50. The van der Waals surface area contributed by atoms with Gasteiger partial charge >= 0.3 is 0 Å². The van der Waals surface area contributed by atoms with Gasteiger partial charge in [0.15, 0.2) is 11.6 Å². The lowest BCUT2D eigenvalue weighted by molar-refractivity contribution is 0.567. The number of hydrogen-bond donors (Lipinski definition) is 1. The number of tetrazole rings is 1. The summed E-state index contributed by atoms with van der Waals surface area (Å²) in [5.74, 6) is 3.46. The maximum absolute atomic E-state index is 4.89. The second-order valence-corrected chi connectivity index (χ2v) is 9.39. The Kier molecular flexibility index (Phi) is 8.17. The van der Waals surface area contributed by atoms with Crippen LogP contribution in [0.3, 0.4) is 0 Å². The molecule has 0 amide bonds. The lowest BCUT2D eigenvalue weighted by Crippen LogP contribution is -2.07. The maximum Gasteiger partial charge on any atom is 0.179 e. The highest BCUT2D eigenvalue weighted by molar-refractivity contribution is 5.60. The minimum absolute atomic E-state index is 0.661. The second-order valence-electron chi connectivity index (χ2n) is 9.39. The first-order valence-electron chi connectivity index (χ1n) is 12.4. The largest absolute Gasteiger partial charge is 0.245 e. The molecule has 0 bridgehead atoms. The van der Waals surface area contributed by atoms with Gasteiger partial charge in [0.2, 0.25) is 0 Å². The van der Waals surface area contributed by atoms with Gasteiger partial charge in [-0.3, -0.25) is 0 Å². The number of H-pyrrole nitrogens is 1. The fourth-order valence-electron chi connectivity index (χ4n) is 4.13. The molecule has 2 heterocycles. The molecule has 2 aromatic heterocycles. The van der Waals surface area contributed by atoms with E-state index in [4.69, 9.17) is 10.1 Å². The van der Waals surface area contributed by atoms with Gasteiger partial charge in [-0.15, -0.1) is 5.10 Å². The van der Waals surface area contributed by atoms with Crippen molar-refractivity contribution < 1.29 is 0 Å². The highest BCUT2D eigenvalue weighted by atomic mass is 15.5. The van der Waals surface area contributed by atoms with Gasteiger partial charge in [-0.05, 0) is 52.3 Å². The van der Waals surface area contributed by atoms with Crippen LogP contribution in [0, 0.1) is 5.92 Å². The standard InChI is InChI=1S/C27H35N7/c1-4-5-6-11-26-28-25(17-12-20(2)3)31-34(26)19-22-15-13-21(14-16-22)18-23-9-7-8-10-24(23)27-29-32-33-30-27/h7-10,13-16,20H,4-6,11-12,17-19H2,1-3H3,(H,29,30,32,33). The molecule has 0 spiro atoms. The molecule has 0 saturated heterocycles. The fraction of sp³-hybridized carbons (Fsp3) is 0.444. The third-order valence-electron chi connectivity index (χ3n) is 6.11. The Morgan fingerprint density at radius 1 is 0.941 bits per heavy atom. The van der Waals surface area contributed by atoms with Gasteiger partial charge in [0, 0.05) is 18.4 Å². The van der Waals surface area contributed by atoms with Gasteiger partial charge in [-0.2, -0.15) is 5.10 Å². The summed E-state index contributed by atoms with van der Waals surface area (Å²) in [5, 5.41) is 19.2. The van der Waals surface area contributed by atoms with Crippen LogP contribution in [0.1, 0.15) is 74.8 Å². The Morgan fingerprint density at radius 2 is 1.74 bits per heavy atom. The van der Waals surface area contributed by atoms with Crippen molar-refractivity contribution in [3.63, 3.8) is 0 Å². The minimum atomic E-state index is 0.661. The second kappa shape index (κ2) is 11.7. The molecule has 4 rings (SSSR count). The molecule has 0 radical (unpaired) electrons. The molecule has 34 heavy (non-hydrogen) atoms. The molecule has 0 aliphatic rings. The quantitative estimate of drug-likeness (QED) is 0.287. The first-order valence-corrected chi connectivity index (χ1v) is 12.4. The van der Waals surface area contributed by atoms with Gasteiger partial charge in [0.1, 0.15) is 5.82 Å². The minimum Gasteiger partial charge on any atom is -0.245 e. The van der Waals surface area contributed by atoms with Crippen LogP contribution in [0.25, 0.3) is 11.4 Å². The average Bonchev–Trinajstić information content (AvgIpc) is 3.50. The molecule has 0 fully saturated rings. The SMILES string of the molecule is CCCCCc1nc(CCC(C)C)nn1Cc1ccc(Cc2ccccc2-c2nnn[nH]2)cc1. The number of aryl methyl sites for hydroxylation is 2. The number of rotatable bonds is 12. The number of hydrogen-bond acceptors (Lipinski definition) is 5. The average molecular weight is 458 g/mol. The van der Waals surface area contributed by atoms with E-state index in [0.717, 1.165) is 55.9 Å². The summed E-state index contributed by atoms with van der Waals surface area (Å²) in [4.78, 5) is 4.89. The topological polar surface area (TPSA) is 85.2 Å². The molecule has 178 valence electrons. The van der Waals surface area contributed by atoms with Crippen LogP contribution in [-0.4, -0.2) is 35.4 Å². The zero-order chi connectivity index (χ0) is 23.8. The van der Waals surface area contributed by atoms with E-state index in [0.29, 0.717) is 11.7 Å². The van der Waals surface area contributed by atoms with Crippen LogP contribution < -0.4 is 0 Å². The van der Waals surface area contributed by atoms with Crippen LogP contribution >= 0.6 is 0 Å². The third-order valence-corrected chi connectivity index (χ3v) is 6.11. The lowest BCUT2D eigenvalue weighted by Gasteiger charge is -2.09. The number of unbranched alkanes of at least 4 members (excludes halogenated alkanes) is 2. The first kappa shape index (κ1) is 23.8. The molecular weight excluding hydrogens is 422 g/mol. The summed E-state index contributed by atoms with van der Waals surface area (Å²) in [7, 11) is 0. The van der Waals surface area contributed by atoms with Gasteiger partial charge < -0.3 is 0 Å². The van der Waals surface area contributed by atoms with Crippen molar-refractivity contribution in [1.82, 2.24) is 35.4 Å². The van der Waals surface area contributed by atoms with Crippen molar-refractivity contribution in [2.75, 3.05) is 0 Å². The summed E-state index contributed by atoms with van der Waals surface area (Å²) >= 11 is 0. The summed E-state index contributed by atoms with van der Waals surface area (Å²) < 4.78 is 2.12. The highest BCUT2D eigenvalue weighted by Crippen LogP contribution is 2.22. The zero-order valence-electron chi connectivity index (χ0n) is 20.5.